The van der Waals surface area contributed by atoms with Crippen LogP contribution in [0.2, 0.25) is 0 Å². The van der Waals surface area contributed by atoms with Crippen molar-refractivity contribution >= 4 is 13.7 Å². The zero-order valence-corrected chi connectivity index (χ0v) is 37.3. The Morgan fingerprint density at radius 1 is 0.589 bits per heavy atom. The molecule has 0 radical (unpaired) electrons. The average molecular weight is 809 g/mol. The fraction of sp³-hybridized carbons (Fsp3) is 0.809. The Morgan fingerprint density at radius 3 is 1.43 bits per heavy atom. The zero-order chi connectivity index (χ0) is 41.1. The number of unbranched alkanes of at least 4 members (excludes halogenated alkanes) is 25. The lowest BCUT2D eigenvalue weighted by Crippen LogP contribution is -2.45. The molecule has 0 saturated heterocycles. The van der Waals surface area contributed by atoms with Crippen molar-refractivity contribution in [2.45, 2.75) is 225 Å². The second-order valence-corrected chi connectivity index (χ2v) is 17.1. The first-order valence-corrected chi connectivity index (χ1v) is 24.8. The largest absolute Gasteiger partial charge is 0.472 e. The summed E-state index contributed by atoms with van der Waals surface area (Å²) < 4.78 is 22.1. The molecule has 328 valence electrons. The highest BCUT2D eigenvalue weighted by Crippen LogP contribution is 2.43. The molecule has 0 aromatic heterocycles. The number of nitrogens with one attached hydrogen (secondary N) is 1. The second kappa shape index (κ2) is 43.0. The van der Waals surface area contributed by atoms with Gasteiger partial charge in [-0.2, -0.15) is 0 Å². The highest BCUT2D eigenvalue weighted by Gasteiger charge is 2.26. The molecule has 0 aliphatic rings. The normalized spacial score (nSPS) is 14.4. The van der Waals surface area contributed by atoms with Gasteiger partial charge in [-0.1, -0.05) is 197 Å². The van der Waals surface area contributed by atoms with Crippen LogP contribution in [0.4, 0.5) is 0 Å². The van der Waals surface area contributed by atoms with E-state index in [2.05, 4.69) is 55.6 Å². The molecule has 0 rings (SSSR count). The Hall–Kier alpha value is -1.54. The number of hydrogen-bond acceptors (Lipinski definition) is 6. The molecule has 56 heavy (non-hydrogen) atoms. The van der Waals surface area contributed by atoms with Crippen molar-refractivity contribution in [2.75, 3.05) is 19.8 Å². The molecule has 0 fully saturated rings. The van der Waals surface area contributed by atoms with Crippen molar-refractivity contribution in [3.8, 4) is 0 Å². The Kier molecular flexibility index (Phi) is 41.9. The van der Waals surface area contributed by atoms with Crippen LogP contribution in [0.15, 0.2) is 48.6 Å². The van der Waals surface area contributed by atoms with Gasteiger partial charge in [-0.15, -0.1) is 0 Å². The second-order valence-electron chi connectivity index (χ2n) is 15.6. The predicted octanol–water partition coefficient (Wildman–Crippen LogP) is 13.3. The summed E-state index contributed by atoms with van der Waals surface area (Å²) in [5.74, 6) is -0.202. The highest BCUT2D eigenvalue weighted by molar-refractivity contribution is 7.47. The van der Waals surface area contributed by atoms with Gasteiger partial charge in [-0.05, 0) is 57.8 Å². The van der Waals surface area contributed by atoms with Crippen molar-refractivity contribution in [3.05, 3.63) is 48.6 Å². The van der Waals surface area contributed by atoms with Crippen LogP contribution in [0.3, 0.4) is 0 Å². The van der Waals surface area contributed by atoms with Crippen molar-refractivity contribution < 1.29 is 28.4 Å². The summed E-state index contributed by atoms with van der Waals surface area (Å²) in [6.45, 7) is 4.12. The third kappa shape index (κ3) is 40.6. The Labute approximate surface area is 345 Å². The molecule has 0 aromatic carbocycles. The molecule has 0 saturated carbocycles. The van der Waals surface area contributed by atoms with E-state index in [0.29, 0.717) is 6.42 Å². The van der Waals surface area contributed by atoms with E-state index in [1.54, 1.807) is 6.08 Å². The van der Waals surface area contributed by atoms with Crippen LogP contribution in [0, 0.1) is 0 Å². The lowest BCUT2D eigenvalue weighted by atomic mass is 10.0. The molecule has 0 aliphatic carbocycles. The predicted molar refractivity (Wildman–Crippen MR) is 240 cm³/mol. The van der Waals surface area contributed by atoms with Gasteiger partial charge in [0.1, 0.15) is 0 Å². The van der Waals surface area contributed by atoms with Gasteiger partial charge in [-0.3, -0.25) is 13.8 Å². The highest BCUT2D eigenvalue weighted by atomic mass is 31.2. The number of aliphatic hydroxyl groups excluding tert-OH is 1. The van der Waals surface area contributed by atoms with E-state index in [0.717, 1.165) is 57.8 Å². The minimum absolute atomic E-state index is 0.0759. The summed E-state index contributed by atoms with van der Waals surface area (Å²) in [7, 11) is -4.34. The molecule has 9 heteroatoms. The van der Waals surface area contributed by atoms with E-state index in [1.807, 2.05) is 6.08 Å². The van der Waals surface area contributed by atoms with Crippen LogP contribution in [0.25, 0.3) is 0 Å². The maximum Gasteiger partial charge on any atom is 0.472 e. The fourth-order valence-electron chi connectivity index (χ4n) is 6.61. The van der Waals surface area contributed by atoms with Crippen molar-refractivity contribution in [2.24, 2.45) is 5.73 Å². The minimum Gasteiger partial charge on any atom is -0.387 e. The van der Waals surface area contributed by atoms with Gasteiger partial charge >= 0.3 is 7.82 Å². The molecule has 3 atom stereocenters. The third-order valence-electron chi connectivity index (χ3n) is 10.1. The minimum atomic E-state index is -4.34. The molecular weight excluding hydrogens is 719 g/mol. The monoisotopic (exact) mass is 809 g/mol. The van der Waals surface area contributed by atoms with Crippen LogP contribution >= 0.6 is 7.82 Å². The van der Waals surface area contributed by atoms with Crippen LogP contribution in [-0.4, -0.2) is 47.8 Å². The number of phosphoric ester groups is 1. The molecule has 0 aromatic rings. The number of nitrogens with two attached hydrogens (primary N) is 1. The van der Waals surface area contributed by atoms with Crippen LogP contribution < -0.4 is 11.1 Å². The van der Waals surface area contributed by atoms with Gasteiger partial charge < -0.3 is 21.1 Å². The molecule has 0 spiro atoms. The lowest BCUT2D eigenvalue weighted by Gasteiger charge is -2.23. The van der Waals surface area contributed by atoms with Gasteiger partial charge in [0, 0.05) is 13.0 Å². The third-order valence-corrected chi connectivity index (χ3v) is 11.1. The number of carbonyl (C=O) groups is 1. The van der Waals surface area contributed by atoms with Crippen molar-refractivity contribution in [1.29, 1.82) is 0 Å². The maximum absolute atomic E-state index is 12.8. The number of hydrogen-bond donors (Lipinski definition) is 4. The smallest absolute Gasteiger partial charge is 0.387 e. The molecule has 3 unspecified atom stereocenters. The first kappa shape index (κ1) is 54.5. The number of allylic oxidation sites excluding steroid dienone is 7. The number of carbonyl (C=O) groups excluding carboxylic acids is 1. The van der Waals surface area contributed by atoms with Crippen LogP contribution in [0.1, 0.15) is 213 Å². The standard InChI is InChI=1S/C47H89N2O6P/c1-3-5-7-9-11-13-15-17-19-20-21-22-23-24-25-26-27-29-31-33-35-37-39-41-47(51)49-45(44-55-56(52,53)54-43-42-48)46(50)40-38-36-34-32-30-28-18-16-14-12-10-8-6-4-2/h15,17,20-21,23-24,38,40,45-46,50H,3-14,16,18-19,22,25-37,39,41-44,48H2,1-2H3,(H,49,51)(H,52,53)/b17-15-,21-20-,24-23-,40-38+. The Bertz CT molecular complexity index is 1020. The summed E-state index contributed by atoms with van der Waals surface area (Å²) in [5, 5.41) is 13.7. The van der Waals surface area contributed by atoms with Gasteiger partial charge in [0.2, 0.25) is 5.91 Å². The van der Waals surface area contributed by atoms with Gasteiger partial charge in [0.05, 0.1) is 25.4 Å². The SMILES string of the molecule is CCCCCCC/C=C\C/C=C\C/C=C\CCCCCCCCCCC(=O)NC(COP(=O)(O)OCCN)C(O)/C=C/CCCCCCCCCCCCCC. The van der Waals surface area contributed by atoms with Gasteiger partial charge in [0.15, 0.2) is 0 Å². The molecule has 0 aliphatic heterocycles. The Morgan fingerprint density at radius 2 is 0.982 bits per heavy atom. The number of phosphoric acid groups is 1. The lowest BCUT2D eigenvalue weighted by molar-refractivity contribution is -0.123. The Balaban J connectivity index is 4.16. The summed E-state index contributed by atoms with van der Waals surface area (Å²) in [4.78, 5) is 22.7. The zero-order valence-electron chi connectivity index (χ0n) is 36.4. The van der Waals surface area contributed by atoms with Crippen molar-refractivity contribution in [1.82, 2.24) is 5.32 Å². The van der Waals surface area contributed by atoms with E-state index in [4.69, 9.17) is 14.8 Å². The molecule has 5 N–H and O–H groups in total. The van der Waals surface area contributed by atoms with E-state index < -0.39 is 20.0 Å². The fourth-order valence-corrected chi connectivity index (χ4v) is 7.37. The molecule has 1 amide bonds. The van der Waals surface area contributed by atoms with Crippen molar-refractivity contribution in [3.63, 3.8) is 0 Å². The van der Waals surface area contributed by atoms with Crippen LogP contribution in [0.5, 0.6) is 0 Å². The molecule has 8 nitrogen and oxygen atoms in total. The number of amides is 1. The molecule has 0 bridgehead atoms. The maximum atomic E-state index is 12.8. The van der Waals surface area contributed by atoms with E-state index in [-0.39, 0.29) is 25.7 Å². The summed E-state index contributed by atoms with van der Waals surface area (Å²) in [6.07, 6.45) is 53.0. The van der Waals surface area contributed by atoms with Gasteiger partial charge in [0.25, 0.3) is 0 Å². The molecule has 0 heterocycles. The number of rotatable bonds is 43. The summed E-state index contributed by atoms with van der Waals surface area (Å²) in [5.41, 5.74) is 5.38. The summed E-state index contributed by atoms with van der Waals surface area (Å²) >= 11 is 0. The average Bonchev–Trinajstić information content (AvgIpc) is 3.19. The first-order chi connectivity index (χ1) is 27.4. The molecular formula is C47H89N2O6P. The topological polar surface area (TPSA) is 131 Å². The number of aliphatic hydroxyl groups is 1. The van der Waals surface area contributed by atoms with E-state index in [1.165, 1.54) is 135 Å². The van der Waals surface area contributed by atoms with E-state index >= 15 is 0 Å². The first-order valence-electron chi connectivity index (χ1n) is 23.3. The quantitative estimate of drug-likeness (QED) is 0.0274. The summed E-state index contributed by atoms with van der Waals surface area (Å²) in [6, 6.07) is -0.865. The van der Waals surface area contributed by atoms with Gasteiger partial charge in [-0.25, -0.2) is 4.57 Å². The van der Waals surface area contributed by atoms with E-state index in [9.17, 15) is 19.4 Å². The van der Waals surface area contributed by atoms with Crippen LogP contribution in [-0.2, 0) is 18.4 Å².